The molecule has 0 radical (unpaired) electrons. The largest absolute Gasteiger partial charge is 0.491 e. The Morgan fingerprint density at radius 2 is 1.78 bits per heavy atom. The van der Waals surface area contributed by atoms with E-state index in [9.17, 15) is 4.79 Å². The lowest BCUT2D eigenvalue weighted by atomic mass is 10.1. The average Bonchev–Trinajstić information content (AvgIpc) is 3.27. The van der Waals surface area contributed by atoms with E-state index in [1.807, 2.05) is 12.1 Å². The van der Waals surface area contributed by atoms with Crippen molar-refractivity contribution in [2.75, 3.05) is 26.4 Å². The van der Waals surface area contributed by atoms with E-state index in [0.717, 1.165) is 51.1 Å². The number of carbonyl (C=O) groups excluding carboxylic acids is 1. The molecule has 3 rings (SSSR count). The highest BCUT2D eigenvalue weighted by Crippen LogP contribution is 2.17. The fourth-order valence-corrected chi connectivity index (χ4v) is 2.99. The van der Waals surface area contributed by atoms with Gasteiger partial charge in [-0.1, -0.05) is 0 Å². The lowest BCUT2D eigenvalue weighted by molar-refractivity contribution is 0.0679. The van der Waals surface area contributed by atoms with Gasteiger partial charge in [-0.2, -0.15) is 0 Å². The maximum atomic E-state index is 12.1. The number of benzene rings is 1. The van der Waals surface area contributed by atoms with Crippen LogP contribution in [0.1, 0.15) is 42.5 Å². The molecule has 5 nitrogen and oxygen atoms in total. The van der Waals surface area contributed by atoms with E-state index < -0.39 is 0 Å². The minimum atomic E-state index is -0.0475. The average molecular weight is 319 g/mol. The van der Waals surface area contributed by atoms with Gasteiger partial charge in [0.05, 0.1) is 12.2 Å². The Morgan fingerprint density at radius 3 is 2.43 bits per heavy atom. The van der Waals surface area contributed by atoms with E-state index in [-0.39, 0.29) is 12.0 Å². The van der Waals surface area contributed by atoms with E-state index in [1.165, 1.54) is 0 Å². The number of amides is 1. The molecule has 126 valence electrons. The second-order valence-electron chi connectivity index (χ2n) is 6.15. The molecule has 1 amide bonds. The van der Waals surface area contributed by atoms with Crippen molar-refractivity contribution >= 4 is 5.91 Å². The Bertz CT molecular complexity index is 490. The highest BCUT2D eigenvalue weighted by Gasteiger charge is 2.17. The minimum absolute atomic E-state index is 0.0475. The Labute approximate surface area is 137 Å². The SMILES string of the molecule is O=C(NCC[C@H]1CCCO1)c1ccc(OC[C@@H]2CCCO2)cc1. The van der Waals surface area contributed by atoms with Crippen molar-refractivity contribution in [2.24, 2.45) is 0 Å². The molecule has 2 atom stereocenters. The van der Waals surface area contributed by atoms with E-state index in [0.29, 0.717) is 24.8 Å². The van der Waals surface area contributed by atoms with Gasteiger partial charge in [-0.25, -0.2) is 0 Å². The number of carbonyl (C=O) groups is 1. The monoisotopic (exact) mass is 319 g/mol. The zero-order chi connectivity index (χ0) is 15.9. The van der Waals surface area contributed by atoms with Crippen LogP contribution in [-0.2, 0) is 9.47 Å². The van der Waals surface area contributed by atoms with E-state index >= 15 is 0 Å². The zero-order valence-corrected chi connectivity index (χ0v) is 13.5. The molecule has 23 heavy (non-hydrogen) atoms. The molecule has 2 fully saturated rings. The molecule has 5 heteroatoms. The molecule has 0 saturated carbocycles. The van der Waals surface area contributed by atoms with Gasteiger partial charge in [-0.3, -0.25) is 4.79 Å². The second-order valence-corrected chi connectivity index (χ2v) is 6.15. The van der Waals surface area contributed by atoms with E-state index in [2.05, 4.69) is 5.32 Å². The molecule has 2 aliphatic heterocycles. The first-order valence-corrected chi connectivity index (χ1v) is 8.55. The molecule has 0 aromatic heterocycles. The summed E-state index contributed by atoms with van der Waals surface area (Å²) in [7, 11) is 0. The van der Waals surface area contributed by atoms with Crippen LogP contribution in [0.25, 0.3) is 0 Å². The van der Waals surface area contributed by atoms with Crippen molar-refractivity contribution in [3.05, 3.63) is 29.8 Å². The van der Waals surface area contributed by atoms with Crippen LogP contribution in [0, 0.1) is 0 Å². The summed E-state index contributed by atoms with van der Waals surface area (Å²) in [6.07, 6.45) is 5.80. The molecule has 1 aromatic carbocycles. The number of hydrogen-bond donors (Lipinski definition) is 1. The first-order valence-electron chi connectivity index (χ1n) is 8.55. The summed E-state index contributed by atoms with van der Waals surface area (Å²) < 4.78 is 16.8. The Kier molecular flexibility index (Phi) is 5.88. The second kappa shape index (κ2) is 8.31. The Hall–Kier alpha value is -1.59. The fourth-order valence-electron chi connectivity index (χ4n) is 2.99. The first-order chi connectivity index (χ1) is 11.3. The van der Waals surface area contributed by atoms with Gasteiger partial charge in [0, 0.05) is 25.3 Å². The summed E-state index contributed by atoms with van der Waals surface area (Å²) in [4.78, 5) is 12.1. The third kappa shape index (κ3) is 4.94. The fraction of sp³-hybridized carbons (Fsp3) is 0.611. The predicted octanol–water partition coefficient (Wildman–Crippen LogP) is 2.54. The molecule has 0 unspecified atom stereocenters. The van der Waals surface area contributed by atoms with Crippen LogP contribution >= 0.6 is 0 Å². The van der Waals surface area contributed by atoms with Crippen LogP contribution < -0.4 is 10.1 Å². The van der Waals surface area contributed by atoms with Crippen LogP contribution in [0.2, 0.25) is 0 Å². The van der Waals surface area contributed by atoms with Crippen molar-refractivity contribution in [3.63, 3.8) is 0 Å². The number of rotatable bonds is 7. The van der Waals surface area contributed by atoms with Gasteiger partial charge in [-0.05, 0) is 56.4 Å². The Morgan fingerprint density at radius 1 is 1.09 bits per heavy atom. The molecule has 1 aromatic rings. The highest BCUT2D eigenvalue weighted by atomic mass is 16.5. The van der Waals surface area contributed by atoms with Gasteiger partial charge in [-0.15, -0.1) is 0 Å². The lowest BCUT2D eigenvalue weighted by Gasteiger charge is -2.12. The van der Waals surface area contributed by atoms with Crippen molar-refractivity contribution in [1.82, 2.24) is 5.32 Å². The third-order valence-corrected chi connectivity index (χ3v) is 4.35. The summed E-state index contributed by atoms with van der Waals surface area (Å²) in [5.41, 5.74) is 0.654. The molecule has 2 aliphatic rings. The third-order valence-electron chi connectivity index (χ3n) is 4.35. The molecule has 0 spiro atoms. The van der Waals surface area contributed by atoms with Gasteiger partial charge in [0.1, 0.15) is 12.4 Å². The van der Waals surface area contributed by atoms with Gasteiger partial charge in [0.15, 0.2) is 0 Å². The summed E-state index contributed by atoms with van der Waals surface area (Å²) in [5.74, 6) is 0.727. The van der Waals surface area contributed by atoms with Crippen LogP contribution in [0.3, 0.4) is 0 Å². The first kappa shape index (κ1) is 16.3. The summed E-state index contributed by atoms with van der Waals surface area (Å²) in [5, 5.41) is 2.94. The summed E-state index contributed by atoms with van der Waals surface area (Å²) in [6, 6.07) is 7.27. The van der Waals surface area contributed by atoms with E-state index in [1.54, 1.807) is 12.1 Å². The minimum Gasteiger partial charge on any atom is -0.491 e. The molecule has 2 saturated heterocycles. The standard InChI is InChI=1S/C18H25NO4/c20-18(19-10-9-15-3-1-11-21-15)14-5-7-16(8-6-14)23-13-17-4-2-12-22-17/h5-8,15,17H,1-4,9-13H2,(H,19,20)/t15-,17+/m1/s1. The summed E-state index contributed by atoms with van der Waals surface area (Å²) in [6.45, 7) is 2.92. The molecule has 2 heterocycles. The quantitative estimate of drug-likeness (QED) is 0.839. The molecule has 0 aliphatic carbocycles. The number of ether oxygens (including phenoxy) is 3. The van der Waals surface area contributed by atoms with Crippen LogP contribution in [0.15, 0.2) is 24.3 Å². The van der Waals surface area contributed by atoms with Crippen LogP contribution in [-0.4, -0.2) is 44.5 Å². The maximum absolute atomic E-state index is 12.1. The number of nitrogens with one attached hydrogen (secondary N) is 1. The predicted molar refractivity (Wildman–Crippen MR) is 86.8 cm³/mol. The molecular weight excluding hydrogens is 294 g/mol. The maximum Gasteiger partial charge on any atom is 0.251 e. The topological polar surface area (TPSA) is 56.8 Å². The smallest absolute Gasteiger partial charge is 0.251 e. The molecular formula is C18H25NO4. The summed E-state index contributed by atoms with van der Waals surface area (Å²) >= 11 is 0. The highest BCUT2D eigenvalue weighted by molar-refractivity contribution is 5.94. The Balaban J connectivity index is 1.39. The van der Waals surface area contributed by atoms with Crippen molar-refractivity contribution in [1.29, 1.82) is 0 Å². The van der Waals surface area contributed by atoms with Crippen molar-refractivity contribution < 1.29 is 19.0 Å². The van der Waals surface area contributed by atoms with Crippen molar-refractivity contribution in [2.45, 2.75) is 44.3 Å². The van der Waals surface area contributed by atoms with Gasteiger partial charge in [0.2, 0.25) is 0 Å². The van der Waals surface area contributed by atoms with Gasteiger partial charge < -0.3 is 19.5 Å². The van der Waals surface area contributed by atoms with Crippen molar-refractivity contribution in [3.8, 4) is 5.75 Å². The normalized spacial score (nSPS) is 23.8. The van der Waals surface area contributed by atoms with Crippen LogP contribution in [0.5, 0.6) is 5.75 Å². The van der Waals surface area contributed by atoms with Gasteiger partial charge in [0.25, 0.3) is 5.91 Å². The molecule has 1 N–H and O–H groups in total. The number of hydrogen-bond acceptors (Lipinski definition) is 4. The lowest BCUT2D eigenvalue weighted by Crippen LogP contribution is -2.27. The van der Waals surface area contributed by atoms with Gasteiger partial charge >= 0.3 is 0 Å². The molecule has 0 bridgehead atoms. The van der Waals surface area contributed by atoms with Crippen LogP contribution in [0.4, 0.5) is 0 Å². The zero-order valence-electron chi connectivity index (χ0n) is 13.5. The van der Waals surface area contributed by atoms with E-state index in [4.69, 9.17) is 14.2 Å².